The SMILES string of the molecule is CCCC(C)C(Br)CBr. The molecule has 0 aromatic heterocycles. The molecule has 2 heteroatoms. The Labute approximate surface area is 74.7 Å². The Hall–Kier alpha value is 0.960. The van der Waals surface area contributed by atoms with Crippen molar-refractivity contribution in [1.82, 2.24) is 0 Å². The average molecular weight is 258 g/mol. The maximum atomic E-state index is 3.60. The number of halogens is 2. The Kier molecular flexibility index (Phi) is 6.33. The number of rotatable bonds is 4. The molecule has 0 radical (unpaired) electrons. The van der Waals surface area contributed by atoms with E-state index in [1.165, 1.54) is 12.8 Å². The second kappa shape index (κ2) is 5.72. The molecule has 0 saturated heterocycles. The molecule has 0 N–H and O–H groups in total. The van der Waals surface area contributed by atoms with E-state index in [1.54, 1.807) is 0 Å². The molecule has 9 heavy (non-hydrogen) atoms. The minimum Gasteiger partial charge on any atom is -0.0916 e. The third kappa shape index (κ3) is 4.38. The first-order valence-corrected chi connectivity index (χ1v) is 5.46. The van der Waals surface area contributed by atoms with Gasteiger partial charge >= 0.3 is 0 Å². The van der Waals surface area contributed by atoms with E-state index in [9.17, 15) is 0 Å². The van der Waals surface area contributed by atoms with Crippen molar-refractivity contribution in [3.05, 3.63) is 0 Å². The Balaban J connectivity index is 3.32. The summed E-state index contributed by atoms with van der Waals surface area (Å²) in [5, 5.41) is 1.06. The molecule has 0 aromatic carbocycles. The lowest BCUT2D eigenvalue weighted by atomic mass is 10.0. The molecule has 0 spiro atoms. The fourth-order valence-corrected chi connectivity index (χ4v) is 1.69. The van der Waals surface area contributed by atoms with Crippen molar-refractivity contribution in [2.24, 2.45) is 5.92 Å². The molecule has 0 bridgehead atoms. The van der Waals surface area contributed by atoms with E-state index in [-0.39, 0.29) is 0 Å². The molecule has 56 valence electrons. The minimum atomic E-state index is 0.650. The van der Waals surface area contributed by atoms with Crippen molar-refractivity contribution >= 4 is 31.9 Å². The van der Waals surface area contributed by atoms with Gasteiger partial charge in [-0.25, -0.2) is 0 Å². The van der Waals surface area contributed by atoms with Gasteiger partial charge in [0, 0.05) is 10.2 Å². The standard InChI is InChI=1S/C7H14Br2/c1-3-4-6(2)7(9)5-8/h6-7H,3-5H2,1-2H3. The van der Waals surface area contributed by atoms with Gasteiger partial charge in [0.2, 0.25) is 0 Å². The van der Waals surface area contributed by atoms with Crippen molar-refractivity contribution < 1.29 is 0 Å². The van der Waals surface area contributed by atoms with Gasteiger partial charge in [-0.05, 0) is 12.3 Å². The third-order valence-electron chi connectivity index (χ3n) is 1.51. The number of hydrogen-bond donors (Lipinski definition) is 0. The van der Waals surface area contributed by atoms with Crippen LogP contribution in [-0.4, -0.2) is 10.2 Å². The topological polar surface area (TPSA) is 0 Å². The molecule has 0 aliphatic heterocycles. The maximum Gasteiger partial charge on any atom is 0.0268 e. The zero-order valence-corrected chi connectivity index (χ0v) is 9.20. The van der Waals surface area contributed by atoms with Crippen molar-refractivity contribution in [3.63, 3.8) is 0 Å². The monoisotopic (exact) mass is 256 g/mol. The predicted octanol–water partition coefficient (Wildman–Crippen LogP) is 3.58. The van der Waals surface area contributed by atoms with Gasteiger partial charge in [-0.1, -0.05) is 52.1 Å². The highest BCUT2D eigenvalue weighted by Crippen LogP contribution is 2.19. The zero-order chi connectivity index (χ0) is 7.28. The van der Waals surface area contributed by atoms with E-state index >= 15 is 0 Å². The first-order chi connectivity index (χ1) is 4.22. The highest BCUT2D eigenvalue weighted by molar-refractivity contribution is 9.12. The van der Waals surface area contributed by atoms with Crippen LogP contribution in [0.1, 0.15) is 26.7 Å². The van der Waals surface area contributed by atoms with Crippen LogP contribution >= 0.6 is 31.9 Å². The van der Waals surface area contributed by atoms with Gasteiger partial charge in [0.05, 0.1) is 0 Å². The Bertz CT molecular complexity index is 63.9. The Morgan fingerprint density at radius 3 is 2.33 bits per heavy atom. The summed E-state index contributed by atoms with van der Waals surface area (Å²) in [5.74, 6) is 0.800. The summed E-state index contributed by atoms with van der Waals surface area (Å²) in [6.07, 6.45) is 2.61. The minimum absolute atomic E-state index is 0.650. The van der Waals surface area contributed by atoms with Gasteiger partial charge in [-0.2, -0.15) is 0 Å². The summed E-state index contributed by atoms with van der Waals surface area (Å²) >= 11 is 7.03. The highest BCUT2D eigenvalue weighted by Gasteiger charge is 2.10. The van der Waals surface area contributed by atoms with Crippen LogP contribution < -0.4 is 0 Å². The van der Waals surface area contributed by atoms with Crippen molar-refractivity contribution in [2.45, 2.75) is 31.5 Å². The lowest BCUT2D eigenvalue weighted by Gasteiger charge is -2.13. The molecule has 0 aliphatic rings. The summed E-state index contributed by atoms with van der Waals surface area (Å²) in [5.41, 5.74) is 0. The molecule has 2 unspecified atom stereocenters. The van der Waals surface area contributed by atoms with Crippen molar-refractivity contribution in [2.75, 3.05) is 5.33 Å². The molecule has 0 aromatic rings. The zero-order valence-electron chi connectivity index (χ0n) is 6.03. The Morgan fingerprint density at radius 2 is 2.00 bits per heavy atom. The summed E-state index contributed by atoms with van der Waals surface area (Å²) in [6, 6.07) is 0. The molecule has 0 nitrogen and oxygen atoms in total. The maximum absolute atomic E-state index is 3.60. The summed E-state index contributed by atoms with van der Waals surface area (Å²) in [6.45, 7) is 4.51. The predicted molar refractivity (Wildman–Crippen MR) is 50.6 cm³/mol. The van der Waals surface area contributed by atoms with E-state index in [0.29, 0.717) is 4.83 Å². The van der Waals surface area contributed by atoms with Crippen LogP contribution in [0.25, 0.3) is 0 Å². The fourth-order valence-electron chi connectivity index (χ4n) is 0.788. The largest absolute Gasteiger partial charge is 0.0916 e. The molecule has 0 saturated carbocycles. The lowest BCUT2D eigenvalue weighted by molar-refractivity contribution is 0.531. The molecule has 0 amide bonds. The average Bonchev–Trinajstić information content (AvgIpc) is 1.87. The number of hydrogen-bond acceptors (Lipinski definition) is 0. The first kappa shape index (κ1) is 9.96. The van der Waals surface area contributed by atoms with Gasteiger partial charge < -0.3 is 0 Å². The van der Waals surface area contributed by atoms with E-state index in [1.807, 2.05) is 0 Å². The van der Waals surface area contributed by atoms with Crippen LogP contribution in [-0.2, 0) is 0 Å². The second-order valence-electron chi connectivity index (χ2n) is 2.44. The van der Waals surface area contributed by atoms with E-state index in [0.717, 1.165) is 11.2 Å². The van der Waals surface area contributed by atoms with Gasteiger partial charge in [0.15, 0.2) is 0 Å². The van der Waals surface area contributed by atoms with E-state index < -0.39 is 0 Å². The first-order valence-electron chi connectivity index (χ1n) is 3.42. The van der Waals surface area contributed by atoms with Gasteiger partial charge in [0.1, 0.15) is 0 Å². The molecule has 0 heterocycles. The van der Waals surface area contributed by atoms with Gasteiger partial charge in [-0.3, -0.25) is 0 Å². The molecule has 0 fully saturated rings. The quantitative estimate of drug-likeness (QED) is 0.676. The van der Waals surface area contributed by atoms with Crippen molar-refractivity contribution in [1.29, 1.82) is 0 Å². The van der Waals surface area contributed by atoms with E-state index in [2.05, 4.69) is 45.7 Å². The smallest absolute Gasteiger partial charge is 0.0268 e. The van der Waals surface area contributed by atoms with Crippen LogP contribution in [0, 0.1) is 5.92 Å². The highest BCUT2D eigenvalue weighted by atomic mass is 79.9. The Morgan fingerprint density at radius 1 is 1.44 bits per heavy atom. The number of alkyl halides is 2. The molecule has 2 atom stereocenters. The van der Waals surface area contributed by atoms with Gasteiger partial charge in [0.25, 0.3) is 0 Å². The second-order valence-corrected chi connectivity index (χ2v) is 4.26. The van der Waals surface area contributed by atoms with Crippen LogP contribution in [0.2, 0.25) is 0 Å². The molecular formula is C7H14Br2. The van der Waals surface area contributed by atoms with E-state index in [4.69, 9.17) is 0 Å². The lowest BCUT2D eigenvalue weighted by Crippen LogP contribution is -2.11. The molecule has 0 rings (SSSR count). The van der Waals surface area contributed by atoms with Crippen LogP contribution in [0.5, 0.6) is 0 Å². The molecular weight excluding hydrogens is 244 g/mol. The normalized spacial score (nSPS) is 17.3. The van der Waals surface area contributed by atoms with Crippen LogP contribution in [0.15, 0.2) is 0 Å². The summed E-state index contributed by atoms with van der Waals surface area (Å²) in [7, 11) is 0. The van der Waals surface area contributed by atoms with Crippen LogP contribution in [0.4, 0.5) is 0 Å². The van der Waals surface area contributed by atoms with Crippen molar-refractivity contribution in [3.8, 4) is 0 Å². The summed E-state index contributed by atoms with van der Waals surface area (Å²) < 4.78 is 0. The van der Waals surface area contributed by atoms with Crippen LogP contribution in [0.3, 0.4) is 0 Å². The fraction of sp³-hybridized carbons (Fsp3) is 1.00. The van der Waals surface area contributed by atoms with Gasteiger partial charge in [-0.15, -0.1) is 0 Å². The summed E-state index contributed by atoms with van der Waals surface area (Å²) in [4.78, 5) is 0.650. The molecule has 0 aliphatic carbocycles. The third-order valence-corrected chi connectivity index (χ3v) is 4.30.